The molecule has 7 heteroatoms. The predicted molar refractivity (Wildman–Crippen MR) is 116 cm³/mol. The van der Waals surface area contributed by atoms with E-state index in [1.54, 1.807) is 0 Å². The average Bonchev–Trinajstić information content (AvgIpc) is 2.79. The van der Waals surface area contributed by atoms with Crippen molar-refractivity contribution in [2.45, 2.75) is 51.6 Å². The van der Waals surface area contributed by atoms with Crippen LogP contribution in [0.3, 0.4) is 0 Å². The first-order chi connectivity index (χ1) is 11.6. The van der Waals surface area contributed by atoms with Crippen molar-refractivity contribution in [1.29, 1.82) is 0 Å². The maximum absolute atomic E-state index is 6.42. The minimum absolute atomic E-state index is 0.0275. The van der Waals surface area contributed by atoms with Gasteiger partial charge < -0.3 is 13.7 Å². The average molecular weight is 535 g/mol. The normalized spacial score (nSPS) is 17.5. The van der Waals surface area contributed by atoms with E-state index in [2.05, 4.69) is 89.2 Å². The van der Waals surface area contributed by atoms with Gasteiger partial charge in [-0.3, -0.25) is 0 Å². The van der Waals surface area contributed by atoms with E-state index >= 15 is 0 Å². The van der Waals surface area contributed by atoms with Crippen molar-refractivity contribution in [2.24, 2.45) is 0 Å². The molecule has 0 bridgehead atoms. The van der Waals surface area contributed by atoms with Gasteiger partial charge in [-0.15, -0.1) is 0 Å². The minimum atomic E-state index is -1.81. The molecule has 0 radical (unpaired) electrons. The Hall–Kier alpha value is -0.383. The molecule has 0 saturated carbocycles. The summed E-state index contributed by atoms with van der Waals surface area (Å²) in [6, 6.07) is 6.09. The van der Waals surface area contributed by atoms with Crippen LogP contribution in [0.2, 0.25) is 18.1 Å². The minimum Gasteiger partial charge on any atom is -0.485 e. The van der Waals surface area contributed by atoms with Crippen molar-refractivity contribution in [1.82, 2.24) is 9.55 Å². The van der Waals surface area contributed by atoms with Gasteiger partial charge in [0.15, 0.2) is 8.32 Å². The largest absolute Gasteiger partial charge is 0.485 e. The van der Waals surface area contributed by atoms with Gasteiger partial charge in [-0.1, -0.05) is 36.7 Å². The summed E-state index contributed by atoms with van der Waals surface area (Å²) in [6.07, 6.45) is 2.05. The summed E-state index contributed by atoms with van der Waals surface area (Å²) in [5.41, 5.74) is 1.02. The molecule has 0 amide bonds. The van der Waals surface area contributed by atoms with Crippen molar-refractivity contribution in [3.05, 3.63) is 32.6 Å². The number of hydrogen-bond donors (Lipinski definition) is 0. The summed E-state index contributed by atoms with van der Waals surface area (Å²) in [5, 5.41) is 0.191. The highest BCUT2D eigenvalue weighted by Gasteiger charge is 2.38. The highest BCUT2D eigenvalue weighted by molar-refractivity contribution is 14.1. The summed E-state index contributed by atoms with van der Waals surface area (Å²) < 4.78 is 16.9. The zero-order valence-corrected chi connectivity index (χ0v) is 20.0. The van der Waals surface area contributed by atoms with E-state index in [4.69, 9.17) is 14.1 Å². The monoisotopic (exact) mass is 534 g/mol. The second-order valence-electron chi connectivity index (χ2n) is 7.99. The zero-order chi connectivity index (χ0) is 18.4. The Morgan fingerprint density at radius 2 is 2.12 bits per heavy atom. The molecule has 0 aliphatic carbocycles. The highest BCUT2D eigenvalue weighted by atomic mass is 127. The van der Waals surface area contributed by atoms with Crippen LogP contribution in [0.5, 0.6) is 5.75 Å². The molecule has 0 spiro atoms. The molecule has 1 unspecified atom stereocenters. The zero-order valence-electron chi connectivity index (χ0n) is 15.3. The van der Waals surface area contributed by atoms with Gasteiger partial charge in [-0.05, 0) is 58.9 Å². The molecule has 2 heterocycles. The van der Waals surface area contributed by atoms with Crippen molar-refractivity contribution >= 4 is 46.8 Å². The quantitative estimate of drug-likeness (QED) is 0.374. The number of fused-ring (bicyclic) bond motifs is 3. The lowest BCUT2D eigenvalue weighted by Crippen LogP contribution is -2.44. The maximum atomic E-state index is 6.42. The molecule has 1 aromatic heterocycles. The summed E-state index contributed by atoms with van der Waals surface area (Å²) in [6.45, 7) is 12.7. The summed E-state index contributed by atoms with van der Waals surface area (Å²) >= 11 is 5.82. The third-order valence-corrected chi connectivity index (χ3v) is 10.6. The van der Waals surface area contributed by atoms with Gasteiger partial charge in [-0.25, -0.2) is 4.98 Å². The smallest absolute Gasteiger partial charge is 0.192 e. The van der Waals surface area contributed by atoms with Gasteiger partial charge >= 0.3 is 0 Å². The molecule has 1 aliphatic rings. The van der Waals surface area contributed by atoms with Crippen LogP contribution in [0, 0.1) is 3.70 Å². The van der Waals surface area contributed by atoms with E-state index in [0.29, 0.717) is 6.61 Å². The van der Waals surface area contributed by atoms with E-state index in [0.717, 1.165) is 31.9 Å². The number of aromatic nitrogens is 2. The summed E-state index contributed by atoms with van der Waals surface area (Å²) in [7, 11) is -1.81. The standard InChI is InChI=1S/C18H24BrIN2O2Si/c1-18(2,3)25(4,5)23-11-13-9-22-10-16(20)21-17(22)14-8-12(19)6-7-15(14)24-13/h6-8,10,13H,9,11H2,1-5H3. The molecule has 3 rings (SSSR count). The van der Waals surface area contributed by atoms with Crippen LogP contribution in [-0.4, -0.2) is 30.6 Å². The predicted octanol–water partition coefficient (Wildman–Crippen LogP) is 5.70. The van der Waals surface area contributed by atoms with Crippen LogP contribution in [0.25, 0.3) is 11.4 Å². The summed E-state index contributed by atoms with van der Waals surface area (Å²) in [5.74, 6) is 1.82. The molecular formula is C18H24BrIN2O2Si. The first-order valence-electron chi connectivity index (χ1n) is 8.40. The fraction of sp³-hybridized carbons (Fsp3) is 0.500. The Labute approximate surface area is 172 Å². The van der Waals surface area contributed by atoms with E-state index in [-0.39, 0.29) is 11.1 Å². The van der Waals surface area contributed by atoms with Crippen LogP contribution >= 0.6 is 38.5 Å². The highest BCUT2D eigenvalue weighted by Crippen LogP contribution is 2.38. The van der Waals surface area contributed by atoms with Crippen molar-refractivity contribution in [3.8, 4) is 17.1 Å². The van der Waals surface area contributed by atoms with E-state index < -0.39 is 8.32 Å². The van der Waals surface area contributed by atoms with Gasteiger partial charge in [0.05, 0.1) is 18.7 Å². The molecule has 1 aromatic carbocycles. The van der Waals surface area contributed by atoms with Crippen molar-refractivity contribution < 1.29 is 9.16 Å². The molecule has 25 heavy (non-hydrogen) atoms. The van der Waals surface area contributed by atoms with Gasteiger partial charge in [-0.2, -0.15) is 0 Å². The number of rotatable bonds is 3. The molecule has 1 aliphatic heterocycles. The summed E-state index contributed by atoms with van der Waals surface area (Å²) in [4.78, 5) is 4.69. The van der Waals surface area contributed by atoms with Crippen LogP contribution in [-0.2, 0) is 11.0 Å². The third kappa shape index (κ3) is 4.14. The van der Waals surface area contributed by atoms with E-state index in [1.165, 1.54) is 0 Å². The Balaban J connectivity index is 1.89. The van der Waals surface area contributed by atoms with Crippen molar-refractivity contribution in [2.75, 3.05) is 6.61 Å². The Kier molecular flexibility index (Phi) is 5.41. The molecule has 1 atom stereocenters. The molecule has 0 saturated heterocycles. The number of imidazole rings is 1. The lowest BCUT2D eigenvalue weighted by Gasteiger charge is -2.37. The van der Waals surface area contributed by atoms with E-state index in [9.17, 15) is 0 Å². The molecular weight excluding hydrogens is 511 g/mol. The Morgan fingerprint density at radius 3 is 2.80 bits per heavy atom. The SMILES string of the molecule is CC(C)(C)[Si](C)(C)OCC1Cn2cc(I)nc2-c2cc(Br)ccc2O1. The first kappa shape index (κ1) is 19.4. The molecule has 2 aromatic rings. The van der Waals surface area contributed by atoms with Gasteiger partial charge in [0.2, 0.25) is 0 Å². The van der Waals surface area contributed by atoms with Gasteiger partial charge in [0, 0.05) is 10.7 Å². The van der Waals surface area contributed by atoms with E-state index in [1.807, 2.05) is 12.1 Å². The second-order valence-corrected chi connectivity index (χ2v) is 14.8. The van der Waals surface area contributed by atoms with Crippen LogP contribution in [0.4, 0.5) is 0 Å². The Morgan fingerprint density at radius 1 is 1.40 bits per heavy atom. The maximum Gasteiger partial charge on any atom is 0.192 e. The molecule has 4 nitrogen and oxygen atoms in total. The van der Waals surface area contributed by atoms with Crippen LogP contribution in [0.1, 0.15) is 20.8 Å². The second kappa shape index (κ2) is 6.98. The number of halogens is 2. The van der Waals surface area contributed by atoms with Gasteiger partial charge in [0.1, 0.15) is 21.4 Å². The fourth-order valence-corrected chi connectivity index (χ4v) is 4.52. The first-order valence-corrected chi connectivity index (χ1v) is 13.2. The third-order valence-electron chi connectivity index (χ3n) is 5.06. The molecule has 0 fully saturated rings. The number of ether oxygens (including phenoxy) is 1. The lowest BCUT2D eigenvalue weighted by atomic mass is 10.2. The lowest BCUT2D eigenvalue weighted by molar-refractivity contribution is 0.109. The van der Waals surface area contributed by atoms with Crippen molar-refractivity contribution in [3.63, 3.8) is 0 Å². The van der Waals surface area contributed by atoms with Crippen LogP contribution < -0.4 is 4.74 Å². The molecule has 136 valence electrons. The topological polar surface area (TPSA) is 36.3 Å². The number of nitrogens with zero attached hydrogens (tertiary/aromatic N) is 2. The number of hydrogen-bond acceptors (Lipinski definition) is 3. The fourth-order valence-electron chi connectivity index (χ4n) is 2.56. The van der Waals surface area contributed by atoms with Gasteiger partial charge in [0.25, 0.3) is 0 Å². The van der Waals surface area contributed by atoms with Crippen LogP contribution in [0.15, 0.2) is 28.9 Å². The number of benzene rings is 1. The Bertz CT molecular complexity index is 786. The molecule has 0 N–H and O–H groups in total.